The van der Waals surface area contributed by atoms with Crippen LogP contribution in [0, 0.1) is 6.92 Å². The first kappa shape index (κ1) is 14.6. The van der Waals surface area contributed by atoms with Gasteiger partial charge in [-0.25, -0.2) is 14.5 Å². The van der Waals surface area contributed by atoms with Gasteiger partial charge in [-0.3, -0.25) is 4.79 Å². The number of anilines is 1. The Morgan fingerprint density at radius 2 is 2.09 bits per heavy atom. The molecular formula is C15H17N5OS. The second-order valence-electron chi connectivity index (χ2n) is 6.10. The third kappa shape index (κ3) is 2.85. The number of carbonyl (C=O) groups is 1. The Morgan fingerprint density at radius 3 is 2.73 bits per heavy atom. The van der Waals surface area contributed by atoms with Gasteiger partial charge in [0, 0.05) is 5.41 Å². The predicted octanol–water partition coefficient (Wildman–Crippen LogP) is 3.04. The standard InChI is InChI=1S/C15H17N5OS/c1-9-16-7-13(22-9)18-14(21)10-5-6-12-17-11(15(2,3)4)8-20(12)19-10/h5-8H,1-4H3,(H,18,21). The van der Waals surface area contributed by atoms with Crippen molar-refractivity contribution in [3.05, 3.63) is 40.9 Å². The van der Waals surface area contributed by atoms with Gasteiger partial charge in [0.1, 0.15) is 10.7 Å². The molecule has 0 atom stereocenters. The minimum Gasteiger partial charge on any atom is -0.311 e. The molecule has 1 N–H and O–H groups in total. The van der Waals surface area contributed by atoms with Crippen LogP contribution in [-0.2, 0) is 5.41 Å². The van der Waals surface area contributed by atoms with Gasteiger partial charge in [0.2, 0.25) is 0 Å². The highest BCUT2D eigenvalue weighted by Crippen LogP contribution is 2.21. The van der Waals surface area contributed by atoms with Crippen LogP contribution < -0.4 is 5.32 Å². The number of hydrogen-bond acceptors (Lipinski definition) is 5. The first-order valence-electron chi connectivity index (χ1n) is 6.93. The molecule has 0 fully saturated rings. The molecule has 22 heavy (non-hydrogen) atoms. The average Bonchev–Trinajstić information content (AvgIpc) is 3.03. The van der Waals surface area contributed by atoms with Crippen LogP contribution in [0.4, 0.5) is 5.00 Å². The largest absolute Gasteiger partial charge is 0.311 e. The fourth-order valence-electron chi connectivity index (χ4n) is 1.96. The normalized spacial score (nSPS) is 11.8. The van der Waals surface area contributed by atoms with Crippen LogP contribution in [0.15, 0.2) is 24.5 Å². The van der Waals surface area contributed by atoms with Crippen LogP contribution in [-0.4, -0.2) is 25.5 Å². The number of carbonyl (C=O) groups excluding carboxylic acids is 1. The molecule has 0 aliphatic carbocycles. The molecule has 0 unspecified atom stereocenters. The number of amides is 1. The lowest BCUT2D eigenvalue weighted by Crippen LogP contribution is -2.14. The maximum absolute atomic E-state index is 12.2. The lowest BCUT2D eigenvalue weighted by Gasteiger charge is -2.13. The number of fused-ring (bicyclic) bond motifs is 1. The third-order valence-electron chi connectivity index (χ3n) is 3.18. The number of nitrogens with zero attached hydrogens (tertiary/aromatic N) is 4. The van der Waals surface area contributed by atoms with Crippen molar-refractivity contribution in [1.29, 1.82) is 0 Å². The number of hydrogen-bond donors (Lipinski definition) is 1. The van der Waals surface area contributed by atoms with Crippen LogP contribution in [0.3, 0.4) is 0 Å². The molecule has 3 aromatic heterocycles. The van der Waals surface area contributed by atoms with Gasteiger partial charge in [-0.05, 0) is 19.1 Å². The van der Waals surface area contributed by atoms with Crippen molar-refractivity contribution >= 4 is 27.9 Å². The van der Waals surface area contributed by atoms with E-state index >= 15 is 0 Å². The second kappa shape index (κ2) is 5.17. The molecule has 0 saturated carbocycles. The van der Waals surface area contributed by atoms with Crippen LogP contribution in [0.2, 0.25) is 0 Å². The molecule has 0 radical (unpaired) electrons. The van der Waals surface area contributed by atoms with Gasteiger partial charge >= 0.3 is 0 Å². The van der Waals surface area contributed by atoms with Gasteiger partial charge in [0.15, 0.2) is 5.65 Å². The Morgan fingerprint density at radius 1 is 1.32 bits per heavy atom. The topological polar surface area (TPSA) is 72.2 Å². The van der Waals surface area contributed by atoms with Crippen molar-refractivity contribution in [2.45, 2.75) is 33.1 Å². The van der Waals surface area contributed by atoms with E-state index in [0.29, 0.717) is 10.7 Å². The second-order valence-corrected chi connectivity index (χ2v) is 7.33. The Kier molecular flexibility index (Phi) is 3.44. The van der Waals surface area contributed by atoms with Gasteiger partial charge < -0.3 is 5.32 Å². The lowest BCUT2D eigenvalue weighted by molar-refractivity contribution is 0.102. The zero-order chi connectivity index (χ0) is 15.9. The number of nitrogens with one attached hydrogen (secondary N) is 1. The first-order valence-corrected chi connectivity index (χ1v) is 7.75. The van der Waals surface area contributed by atoms with E-state index in [1.54, 1.807) is 22.8 Å². The van der Waals surface area contributed by atoms with Crippen molar-refractivity contribution in [2.75, 3.05) is 5.32 Å². The van der Waals surface area contributed by atoms with Crippen molar-refractivity contribution in [3.63, 3.8) is 0 Å². The highest BCUT2D eigenvalue weighted by molar-refractivity contribution is 7.15. The zero-order valence-electron chi connectivity index (χ0n) is 12.9. The molecule has 3 rings (SSSR count). The fourth-order valence-corrected chi connectivity index (χ4v) is 2.63. The molecule has 0 aromatic carbocycles. The monoisotopic (exact) mass is 315 g/mol. The van der Waals surface area contributed by atoms with Gasteiger partial charge in [-0.1, -0.05) is 20.8 Å². The van der Waals surface area contributed by atoms with Crippen LogP contribution in [0.1, 0.15) is 42.0 Å². The smallest absolute Gasteiger partial charge is 0.276 e. The van der Waals surface area contributed by atoms with Gasteiger partial charge in [-0.2, -0.15) is 5.10 Å². The summed E-state index contributed by atoms with van der Waals surface area (Å²) in [5.74, 6) is -0.253. The molecule has 0 saturated heterocycles. The van der Waals surface area contributed by atoms with Crippen molar-refractivity contribution in [2.24, 2.45) is 0 Å². The van der Waals surface area contributed by atoms with Crippen molar-refractivity contribution < 1.29 is 4.79 Å². The summed E-state index contributed by atoms with van der Waals surface area (Å²) >= 11 is 1.43. The summed E-state index contributed by atoms with van der Waals surface area (Å²) in [4.78, 5) is 20.9. The minimum atomic E-state index is -0.253. The maximum Gasteiger partial charge on any atom is 0.276 e. The highest BCUT2D eigenvalue weighted by atomic mass is 32.1. The van der Waals surface area contributed by atoms with E-state index in [1.807, 2.05) is 13.1 Å². The molecule has 114 valence electrons. The van der Waals surface area contributed by atoms with E-state index in [-0.39, 0.29) is 11.3 Å². The highest BCUT2D eigenvalue weighted by Gasteiger charge is 2.18. The molecular weight excluding hydrogens is 298 g/mol. The number of imidazole rings is 1. The number of rotatable bonds is 2. The molecule has 7 heteroatoms. The summed E-state index contributed by atoms with van der Waals surface area (Å²) in [6.45, 7) is 8.17. The molecule has 1 amide bonds. The fraction of sp³-hybridized carbons (Fsp3) is 0.333. The van der Waals surface area contributed by atoms with Crippen molar-refractivity contribution in [1.82, 2.24) is 19.6 Å². The number of thiazole rings is 1. The summed E-state index contributed by atoms with van der Waals surface area (Å²) in [7, 11) is 0. The number of aromatic nitrogens is 4. The summed E-state index contributed by atoms with van der Waals surface area (Å²) in [6.07, 6.45) is 3.51. The molecule has 3 aromatic rings. The maximum atomic E-state index is 12.2. The molecule has 6 nitrogen and oxygen atoms in total. The zero-order valence-corrected chi connectivity index (χ0v) is 13.7. The van der Waals surface area contributed by atoms with E-state index in [1.165, 1.54) is 11.3 Å². The first-order chi connectivity index (χ1) is 10.3. The molecule has 0 aliphatic heterocycles. The van der Waals surface area contributed by atoms with Crippen molar-refractivity contribution in [3.8, 4) is 0 Å². The van der Waals surface area contributed by atoms with E-state index in [9.17, 15) is 4.79 Å². The van der Waals surface area contributed by atoms with Gasteiger partial charge in [-0.15, -0.1) is 11.3 Å². The average molecular weight is 315 g/mol. The SMILES string of the molecule is Cc1ncc(NC(=O)c2ccc3nc(C(C)(C)C)cn3n2)s1. The van der Waals surface area contributed by atoms with Crippen LogP contribution in [0.25, 0.3) is 5.65 Å². The van der Waals surface area contributed by atoms with Crippen LogP contribution >= 0.6 is 11.3 Å². The van der Waals surface area contributed by atoms with E-state index in [0.717, 1.165) is 16.3 Å². The molecule has 0 spiro atoms. The quantitative estimate of drug-likeness (QED) is 0.789. The Bertz CT molecular complexity index is 843. The predicted molar refractivity (Wildman–Crippen MR) is 86.5 cm³/mol. The minimum absolute atomic E-state index is 0.0592. The van der Waals surface area contributed by atoms with E-state index in [2.05, 4.69) is 41.2 Å². The number of aryl methyl sites for hydroxylation is 1. The van der Waals surface area contributed by atoms with E-state index in [4.69, 9.17) is 0 Å². The van der Waals surface area contributed by atoms with Crippen LogP contribution in [0.5, 0.6) is 0 Å². The molecule has 3 heterocycles. The Hall–Kier alpha value is -2.28. The molecule has 0 aliphatic rings. The summed E-state index contributed by atoms with van der Waals surface area (Å²) in [5, 5.41) is 8.76. The summed E-state index contributed by atoms with van der Waals surface area (Å²) in [6, 6.07) is 3.48. The summed E-state index contributed by atoms with van der Waals surface area (Å²) in [5.41, 5.74) is 1.96. The van der Waals surface area contributed by atoms with Gasteiger partial charge in [0.25, 0.3) is 5.91 Å². The lowest BCUT2D eigenvalue weighted by atomic mass is 9.93. The summed E-state index contributed by atoms with van der Waals surface area (Å²) < 4.78 is 1.65. The Balaban J connectivity index is 1.89. The Labute approximate surface area is 132 Å². The third-order valence-corrected chi connectivity index (χ3v) is 4.01. The molecule has 0 bridgehead atoms. The van der Waals surface area contributed by atoms with Gasteiger partial charge in [0.05, 0.1) is 23.1 Å². The van der Waals surface area contributed by atoms with E-state index < -0.39 is 0 Å².